The van der Waals surface area contributed by atoms with Crippen molar-refractivity contribution in [1.29, 1.82) is 0 Å². The molecular formula is C52H80O25. The molecule has 9 fully saturated rings. The van der Waals surface area contributed by atoms with Gasteiger partial charge in [-0.3, -0.25) is 4.79 Å². The van der Waals surface area contributed by atoms with Gasteiger partial charge in [0.1, 0.15) is 91.6 Å². The first kappa shape index (κ1) is 58.2. The Morgan fingerprint density at radius 2 is 1.38 bits per heavy atom. The maximum Gasteiger partial charge on any atom is 0.302 e. The highest BCUT2D eigenvalue weighted by atomic mass is 16.8. The summed E-state index contributed by atoms with van der Waals surface area (Å²) >= 11 is 0. The van der Waals surface area contributed by atoms with Gasteiger partial charge in [-0.15, -0.1) is 0 Å². The van der Waals surface area contributed by atoms with Crippen molar-refractivity contribution < 1.29 is 123 Å². The van der Waals surface area contributed by atoms with Crippen molar-refractivity contribution in [1.82, 2.24) is 0 Å². The highest BCUT2D eigenvalue weighted by Gasteiger charge is 2.73. The summed E-state index contributed by atoms with van der Waals surface area (Å²) in [5, 5.41) is 143. The molecule has 438 valence electrons. The van der Waals surface area contributed by atoms with Crippen molar-refractivity contribution >= 4 is 5.97 Å². The Bertz CT molecular complexity index is 2160. The standard InChI is InChI=1S/C52H80O25/c1-18-15-69-52(45(66)42(18)74-47-40(64)37(61)33(57)19(2)70-47)27(16-67-21(4)54)32-29(77-52)13-26-24-8-7-22-11-23(55)12-31(51(22,6)25(24)9-10-50(26,32)5)73-49-44(76-48-41(65)38(62)34(58)20(3)71-48)43(36(60)30(14-53)72-49)75-46-39(63)35(59)28(56)17-68-46/h7,19-20,23-49,53,55-66H,1,8-17H2,2-6H3/t19-,20+,23-,24-,25+,26+,27+,28-,29+,30-,31-,32+,33+,34+,35+,36-,37-,38-,39-,40-,41-,42+,43+,44-,45+,46+,47+,48+,49+,50+,51+,52+/m1/s1. The molecule has 0 unspecified atom stereocenters. The molecule has 10 aliphatic rings. The zero-order valence-electron chi connectivity index (χ0n) is 43.8. The maximum absolute atomic E-state index is 12.6. The van der Waals surface area contributed by atoms with Gasteiger partial charge in [0.25, 0.3) is 0 Å². The van der Waals surface area contributed by atoms with Gasteiger partial charge in [0.15, 0.2) is 25.2 Å². The lowest BCUT2D eigenvalue weighted by molar-refractivity contribution is -0.393. The number of aliphatic hydroxyl groups excluding tert-OH is 13. The van der Waals surface area contributed by atoms with Gasteiger partial charge in [0, 0.05) is 24.7 Å². The number of rotatable bonds is 11. The van der Waals surface area contributed by atoms with E-state index in [9.17, 15) is 71.2 Å². The molecule has 0 radical (unpaired) electrons. The number of hydrogen-bond acceptors (Lipinski definition) is 25. The Morgan fingerprint density at radius 3 is 2.03 bits per heavy atom. The van der Waals surface area contributed by atoms with Gasteiger partial charge in [0.05, 0.1) is 62.9 Å². The molecule has 0 aromatic carbocycles. The summed E-state index contributed by atoms with van der Waals surface area (Å²) in [5.41, 5.74) is -0.104. The Hall–Kier alpha value is -1.97. The third kappa shape index (κ3) is 9.79. The molecule has 32 atom stereocenters. The van der Waals surface area contributed by atoms with Crippen molar-refractivity contribution in [2.45, 2.75) is 226 Å². The minimum absolute atomic E-state index is 0.0283. The number of fused-ring (bicyclic) bond motifs is 7. The van der Waals surface area contributed by atoms with Crippen molar-refractivity contribution in [3.63, 3.8) is 0 Å². The van der Waals surface area contributed by atoms with E-state index in [1.165, 1.54) is 20.8 Å². The average Bonchev–Trinajstić information content (AvgIpc) is 3.97. The van der Waals surface area contributed by atoms with Crippen LogP contribution in [0.1, 0.15) is 73.1 Å². The molecule has 6 aliphatic heterocycles. The molecule has 77 heavy (non-hydrogen) atoms. The predicted octanol–water partition coefficient (Wildman–Crippen LogP) is -3.92. The molecule has 0 aromatic heterocycles. The molecule has 10 rings (SSSR count). The fourth-order valence-corrected chi connectivity index (χ4v) is 15.4. The molecular weight excluding hydrogens is 1020 g/mol. The van der Waals surface area contributed by atoms with E-state index in [-0.39, 0.29) is 43.3 Å². The second-order valence-electron chi connectivity index (χ2n) is 23.9. The molecule has 25 heteroatoms. The van der Waals surface area contributed by atoms with E-state index in [1.807, 2.05) is 0 Å². The Kier molecular flexibility index (Phi) is 16.6. The lowest BCUT2D eigenvalue weighted by atomic mass is 9.46. The van der Waals surface area contributed by atoms with Crippen molar-refractivity contribution in [2.24, 2.45) is 40.4 Å². The van der Waals surface area contributed by atoms with Crippen LogP contribution in [0.4, 0.5) is 0 Å². The van der Waals surface area contributed by atoms with E-state index in [0.29, 0.717) is 37.7 Å². The van der Waals surface area contributed by atoms with Crippen molar-refractivity contribution in [3.05, 3.63) is 23.8 Å². The minimum Gasteiger partial charge on any atom is -0.465 e. The smallest absolute Gasteiger partial charge is 0.302 e. The topological polar surface area (TPSA) is 382 Å². The normalized spacial score (nSPS) is 55.7. The summed E-state index contributed by atoms with van der Waals surface area (Å²) in [6.07, 6.45) is -30.0. The Labute approximate surface area is 445 Å². The van der Waals surface area contributed by atoms with Gasteiger partial charge in [0.2, 0.25) is 5.79 Å². The summed E-state index contributed by atoms with van der Waals surface area (Å²) in [4.78, 5) is 12.6. The van der Waals surface area contributed by atoms with E-state index in [1.54, 1.807) is 0 Å². The first-order valence-corrected chi connectivity index (χ1v) is 27.2. The fraction of sp³-hybridized carbons (Fsp3) is 0.904. The molecule has 1 spiro atoms. The third-order valence-corrected chi connectivity index (χ3v) is 19.6. The number of carbonyl (C=O) groups excluding carboxylic acids is 1. The number of esters is 1. The number of carbonyl (C=O) groups is 1. The molecule has 6 saturated heterocycles. The van der Waals surface area contributed by atoms with Gasteiger partial charge < -0.3 is 118 Å². The SMILES string of the molecule is C=C1CO[C@@]2(O[C@H]3C[C@H]4[C@@H]5CC=C6C[C@@H](O)C[C@@H](O[C@@H]7O[C@H](CO)[C@@H](O)[C@H](O[C@@H]8OC[C@@H](O)[C@H](O)[C@H]8O)[C@H]7O[C@@H]7O[C@@H](C)[C@H](O)[C@@H](O)[C@H]7O)[C@]6(C)[C@H]5CC[C@]4(C)[C@H]3[C@@H]2COC(C)=O)[C@@H](O)[C@H]1O[C@@H]1O[C@H](C)[C@H](O)[C@@H](O)[C@H]1O. The van der Waals surface area contributed by atoms with Crippen LogP contribution in [0, 0.1) is 40.4 Å². The first-order chi connectivity index (χ1) is 36.4. The van der Waals surface area contributed by atoms with Crippen LogP contribution in [0.2, 0.25) is 0 Å². The molecule has 6 heterocycles. The summed E-state index contributed by atoms with van der Waals surface area (Å²) in [7, 11) is 0. The van der Waals surface area contributed by atoms with Crippen LogP contribution >= 0.6 is 0 Å². The molecule has 4 aliphatic carbocycles. The second-order valence-corrected chi connectivity index (χ2v) is 23.9. The molecule has 3 saturated carbocycles. The van der Waals surface area contributed by atoms with Crippen LogP contribution in [-0.4, -0.2) is 252 Å². The molecule has 25 nitrogen and oxygen atoms in total. The predicted molar refractivity (Wildman–Crippen MR) is 255 cm³/mol. The monoisotopic (exact) mass is 1100 g/mol. The van der Waals surface area contributed by atoms with Gasteiger partial charge in [-0.2, -0.15) is 0 Å². The van der Waals surface area contributed by atoms with Gasteiger partial charge in [-0.05, 0) is 74.7 Å². The summed E-state index contributed by atoms with van der Waals surface area (Å²) in [5.74, 6) is -3.60. The molecule has 0 aromatic rings. The number of ether oxygens (including phenoxy) is 11. The molecule has 13 N–H and O–H groups in total. The van der Waals surface area contributed by atoms with E-state index in [2.05, 4.69) is 26.5 Å². The maximum atomic E-state index is 12.6. The van der Waals surface area contributed by atoms with Crippen LogP contribution in [0.3, 0.4) is 0 Å². The summed E-state index contributed by atoms with van der Waals surface area (Å²) in [6.45, 7) is 11.0. The highest BCUT2D eigenvalue weighted by Crippen LogP contribution is 2.71. The largest absolute Gasteiger partial charge is 0.465 e. The van der Waals surface area contributed by atoms with E-state index >= 15 is 0 Å². The molecule has 0 amide bonds. The first-order valence-electron chi connectivity index (χ1n) is 27.2. The van der Waals surface area contributed by atoms with Crippen LogP contribution < -0.4 is 0 Å². The quantitative estimate of drug-likeness (QED) is 0.0694. The number of aliphatic hydroxyl groups is 13. The highest BCUT2D eigenvalue weighted by molar-refractivity contribution is 5.65. The average molecular weight is 1110 g/mol. The van der Waals surface area contributed by atoms with E-state index < -0.39 is 189 Å². The zero-order chi connectivity index (χ0) is 55.5. The minimum atomic E-state index is -1.86. The van der Waals surface area contributed by atoms with Crippen LogP contribution in [0.25, 0.3) is 0 Å². The van der Waals surface area contributed by atoms with Crippen LogP contribution in [0.15, 0.2) is 23.8 Å². The van der Waals surface area contributed by atoms with Gasteiger partial charge in [-0.1, -0.05) is 32.1 Å². The van der Waals surface area contributed by atoms with Crippen LogP contribution in [0.5, 0.6) is 0 Å². The molecule has 0 bridgehead atoms. The van der Waals surface area contributed by atoms with Crippen molar-refractivity contribution in [2.75, 3.05) is 26.4 Å². The van der Waals surface area contributed by atoms with Crippen LogP contribution in [-0.2, 0) is 56.9 Å². The van der Waals surface area contributed by atoms with Crippen molar-refractivity contribution in [3.8, 4) is 0 Å². The summed E-state index contributed by atoms with van der Waals surface area (Å²) in [6, 6.07) is 0. The van der Waals surface area contributed by atoms with E-state index in [4.69, 9.17) is 52.1 Å². The Morgan fingerprint density at radius 1 is 0.740 bits per heavy atom. The number of allylic oxidation sites excluding steroid dienone is 1. The lowest BCUT2D eigenvalue weighted by Gasteiger charge is -2.61. The number of hydrogen-bond donors (Lipinski definition) is 13. The fourth-order valence-electron chi connectivity index (χ4n) is 15.4. The van der Waals surface area contributed by atoms with Gasteiger partial charge >= 0.3 is 5.97 Å². The van der Waals surface area contributed by atoms with Gasteiger partial charge in [-0.25, -0.2) is 0 Å². The third-order valence-electron chi connectivity index (χ3n) is 19.6. The van der Waals surface area contributed by atoms with E-state index in [0.717, 1.165) is 5.57 Å². The lowest BCUT2D eigenvalue weighted by Crippen LogP contribution is -2.67. The zero-order valence-corrected chi connectivity index (χ0v) is 43.8. The Balaban J connectivity index is 0.940. The summed E-state index contributed by atoms with van der Waals surface area (Å²) < 4.78 is 68.5. The second kappa shape index (κ2) is 22.0.